The van der Waals surface area contributed by atoms with Gasteiger partial charge in [-0.2, -0.15) is 0 Å². The summed E-state index contributed by atoms with van der Waals surface area (Å²) in [5, 5.41) is 0. The Kier molecular flexibility index (Phi) is 11.8. The second kappa shape index (κ2) is 15.0. The van der Waals surface area contributed by atoms with Gasteiger partial charge in [0.15, 0.2) is 6.10 Å². The van der Waals surface area contributed by atoms with E-state index in [-0.39, 0.29) is 5.97 Å². The second-order valence-corrected chi connectivity index (χ2v) is 7.72. The molecule has 2 rings (SSSR count). The maximum Gasteiger partial charge on any atom is 0.304 e. The SMILES string of the molecule is COCCCCC#C/C(=C\c1ccccc1)C(C#CCSc1ccccc1)OC(C)=O. The third kappa shape index (κ3) is 10.6. The number of ether oxygens (including phenoxy) is 2. The molecule has 4 heteroatoms. The first-order valence-corrected chi connectivity index (χ1v) is 11.3. The number of thioether (sulfide) groups is 1. The van der Waals surface area contributed by atoms with E-state index in [0.29, 0.717) is 11.3 Å². The van der Waals surface area contributed by atoms with E-state index < -0.39 is 6.10 Å². The third-order valence-corrected chi connectivity index (χ3v) is 5.00. The van der Waals surface area contributed by atoms with Crippen LogP contribution in [0.4, 0.5) is 0 Å². The van der Waals surface area contributed by atoms with Gasteiger partial charge in [-0.05, 0) is 36.6 Å². The van der Waals surface area contributed by atoms with Gasteiger partial charge in [-0.25, -0.2) is 0 Å². The van der Waals surface area contributed by atoms with Crippen LogP contribution in [0.2, 0.25) is 0 Å². The molecular weight excluding hydrogens is 404 g/mol. The van der Waals surface area contributed by atoms with Gasteiger partial charge in [0.2, 0.25) is 0 Å². The molecule has 2 aromatic rings. The van der Waals surface area contributed by atoms with Crippen LogP contribution in [0.15, 0.2) is 71.1 Å². The summed E-state index contributed by atoms with van der Waals surface area (Å²) in [7, 11) is 1.70. The second-order valence-electron chi connectivity index (χ2n) is 6.67. The molecule has 0 spiro atoms. The third-order valence-electron chi connectivity index (χ3n) is 4.11. The van der Waals surface area contributed by atoms with E-state index in [4.69, 9.17) is 9.47 Å². The first-order chi connectivity index (χ1) is 15.2. The normalized spacial score (nSPS) is 11.5. The number of benzene rings is 2. The largest absolute Gasteiger partial charge is 0.444 e. The van der Waals surface area contributed by atoms with Crippen LogP contribution in [0.5, 0.6) is 0 Å². The molecule has 0 saturated heterocycles. The number of rotatable bonds is 9. The Labute approximate surface area is 190 Å². The number of carbonyl (C=O) groups is 1. The van der Waals surface area contributed by atoms with Crippen LogP contribution in [-0.4, -0.2) is 31.5 Å². The molecule has 0 aromatic heterocycles. The van der Waals surface area contributed by atoms with Crippen molar-refractivity contribution in [3.63, 3.8) is 0 Å². The van der Waals surface area contributed by atoms with Crippen LogP contribution >= 0.6 is 11.8 Å². The van der Waals surface area contributed by atoms with Crippen molar-refractivity contribution in [2.75, 3.05) is 19.5 Å². The zero-order valence-electron chi connectivity index (χ0n) is 18.1. The molecule has 3 nitrogen and oxygen atoms in total. The lowest BCUT2D eigenvalue weighted by molar-refractivity contribution is -0.142. The number of esters is 1. The maximum atomic E-state index is 11.7. The van der Waals surface area contributed by atoms with Crippen molar-refractivity contribution in [2.24, 2.45) is 0 Å². The Bertz CT molecular complexity index is 944. The molecule has 0 heterocycles. The van der Waals surface area contributed by atoms with Crippen LogP contribution in [0.1, 0.15) is 31.7 Å². The molecule has 0 aliphatic rings. The minimum absolute atomic E-state index is 0.379. The first-order valence-electron chi connectivity index (χ1n) is 10.3. The number of methoxy groups -OCH3 is 1. The van der Waals surface area contributed by atoms with Crippen molar-refractivity contribution in [3.05, 3.63) is 71.8 Å². The predicted octanol–water partition coefficient (Wildman–Crippen LogP) is 5.62. The molecule has 0 saturated carbocycles. The fourth-order valence-corrected chi connectivity index (χ4v) is 3.31. The zero-order chi connectivity index (χ0) is 22.2. The Balaban J connectivity index is 2.18. The number of hydrogen-bond donors (Lipinski definition) is 0. The van der Waals surface area contributed by atoms with Gasteiger partial charge in [0.05, 0.1) is 11.3 Å². The average Bonchev–Trinajstić information content (AvgIpc) is 2.78. The first kappa shape index (κ1) is 24.4. The van der Waals surface area contributed by atoms with E-state index in [1.807, 2.05) is 66.7 Å². The Morgan fingerprint density at radius 1 is 1.03 bits per heavy atom. The lowest BCUT2D eigenvalue weighted by Crippen LogP contribution is -2.16. The molecule has 0 radical (unpaired) electrons. The van der Waals surface area contributed by atoms with Gasteiger partial charge >= 0.3 is 5.97 Å². The summed E-state index contributed by atoms with van der Waals surface area (Å²) >= 11 is 1.64. The molecule has 1 unspecified atom stereocenters. The number of unbranched alkanes of at least 4 members (excludes halogenated alkanes) is 2. The minimum Gasteiger partial charge on any atom is -0.444 e. The van der Waals surface area contributed by atoms with Crippen molar-refractivity contribution >= 4 is 23.8 Å². The van der Waals surface area contributed by atoms with Gasteiger partial charge in [0.1, 0.15) is 0 Å². The fraction of sp³-hybridized carbons (Fsp3) is 0.296. The monoisotopic (exact) mass is 432 g/mol. The smallest absolute Gasteiger partial charge is 0.304 e. The summed E-state index contributed by atoms with van der Waals surface area (Å²) in [5.74, 6) is 12.8. The van der Waals surface area contributed by atoms with Crippen molar-refractivity contribution in [1.82, 2.24) is 0 Å². The highest BCUT2D eigenvalue weighted by Crippen LogP contribution is 2.17. The van der Waals surface area contributed by atoms with Crippen LogP contribution in [0, 0.1) is 23.7 Å². The van der Waals surface area contributed by atoms with Gasteiger partial charge in [0, 0.05) is 32.0 Å². The van der Waals surface area contributed by atoms with Crippen LogP contribution in [0.3, 0.4) is 0 Å². The highest BCUT2D eigenvalue weighted by molar-refractivity contribution is 7.99. The molecule has 0 aliphatic carbocycles. The van der Waals surface area contributed by atoms with Crippen molar-refractivity contribution in [3.8, 4) is 23.7 Å². The van der Waals surface area contributed by atoms with E-state index >= 15 is 0 Å². The van der Waals surface area contributed by atoms with Gasteiger partial charge in [0.25, 0.3) is 0 Å². The van der Waals surface area contributed by atoms with Crippen molar-refractivity contribution < 1.29 is 14.3 Å². The summed E-state index contributed by atoms with van der Waals surface area (Å²) < 4.78 is 10.6. The van der Waals surface area contributed by atoms with Crippen LogP contribution < -0.4 is 0 Å². The van der Waals surface area contributed by atoms with E-state index in [9.17, 15) is 4.79 Å². The summed E-state index contributed by atoms with van der Waals surface area (Å²) in [4.78, 5) is 12.9. The Morgan fingerprint density at radius 2 is 1.74 bits per heavy atom. The molecule has 0 aliphatic heterocycles. The molecule has 0 bridgehead atoms. The molecule has 160 valence electrons. The van der Waals surface area contributed by atoms with E-state index in [1.54, 1.807) is 18.9 Å². The average molecular weight is 433 g/mol. The molecule has 2 aromatic carbocycles. The minimum atomic E-state index is -0.694. The van der Waals surface area contributed by atoms with Gasteiger partial charge in [-0.1, -0.05) is 72.2 Å². The van der Waals surface area contributed by atoms with Crippen LogP contribution in [-0.2, 0) is 14.3 Å². The van der Waals surface area contributed by atoms with E-state index in [1.165, 1.54) is 6.92 Å². The Hall–Kier alpha value is -2.92. The van der Waals surface area contributed by atoms with Crippen molar-refractivity contribution in [2.45, 2.75) is 37.2 Å². The fourth-order valence-electron chi connectivity index (χ4n) is 2.64. The molecule has 1 atom stereocenters. The van der Waals surface area contributed by atoms with E-state index in [0.717, 1.165) is 36.3 Å². The lowest BCUT2D eigenvalue weighted by atomic mass is 10.1. The standard InChI is InChI=1S/C27H28O3S/c1-23(28)30-27(19-13-21-31-26-17-10-6-11-18-26)25(16-9-3-4-12-20-29-2)22-24-14-7-5-8-15-24/h5-8,10-11,14-15,17-18,22,27H,3-4,12,20-21H2,1-2H3/b25-22+. The highest BCUT2D eigenvalue weighted by atomic mass is 32.2. The predicted molar refractivity (Wildman–Crippen MR) is 128 cm³/mol. The summed E-state index contributed by atoms with van der Waals surface area (Å²) in [6.07, 6.45) is 3.92. The number of carbonyl (C=O) groups excluding carboxylic acids is 1. The molecule has 31 heavy (non-hydrogen) atoms. The summed E-state index contributed by atoms with van der Waals surface area (Å²) in [5.41, 5.74) is 1.68. The Morgan fingerprint density at radius 3 is 2.42 bits per heavy atom. The lowest BCUT2D eigenvalue weighted by Gasteiger charge is -2.11. The molecule has 0 N–H and O–H groups in total. The number of hydrogen-bond acceptors (Lipinski definition) is 4. The highest BCUT2D eigenvalue weighted by Gasteiger charge is 2.13. The maximum absolute atomic E-state index is 11.7. The molecule has 0 amide bonds. The van der Waals surface area contributed by atoms with E-state index in [2.05, 4.69) is 23.7 Å². The molecular formula is C27H28O3S. The summed E-state index contributed by atoms with van der Waals surface area (Å²) in [6.45, 7) is 2.13. The van der Waals surface area contributed by atoms with Gasteiger partial charge < -0.3 is 9.47 Å². The zero-order valence-corrected chi connectivity index (χ0v) is 18.9. The quantitative estimate of drug-likeness (QED) is 0.223. The van der Waals surface area contributed by atoms with Crippen molar-refractivity contribution in [1.29, 1.82) is 0 Å². The van der Waals surface area contributed by atoms with Gasteiger partial charge in [-0.15, -0.1) is 11.8 Å². The van der Waals surface area contributed by atoms with Crippen LogP contribution in [0.25, 0.3) is 6.08 Å². The summed E-state index contributed by atoms with van der Waals surface area (Å²) in [6, 6.07) is 19.9. The molecule has 0 fully saturated rings. The van der Waals surface area contributed by atoms with Gasteiger partial charge in [-0.3, -0.25) is 4.79 Å². The topological polar surface area (TPSA) is 35.5 Å².